The molecule has 0 aromatic rings. The van der Waals surface area contributed by atoms with E-state index < -0.39 is 0 Å². The number of carbonyl (C=O) groups excluding carboxylic acids is 1. The monoisotopic (exact) mass is 264 g/mol. The summed E-state index contributed by atoms with van der Waals surface area (Å²) in [4.78, 5) is 15.0. The summed E-state index contributed by atoms with van der Waals surface area (Å²) >= 11 is 0. The van der Waals surface area contributed by atoms with Crippen molar-refractivity contribution in [2.75, 3.05) is 13.1 Å². The Morgan fingerprint density at radius 3 is 2.42 bits per heavy atom. The van der Waals surface area contributed by atoms with Gasteiger partial charge in [-0.25, -0.2) is 0 Å². The van der Waals surface area contributed by atoms with Crippen LogP contribution in [0.15, 0.2) is 0 Å². The highest BCUT2D eigenvalue weighted by molar-refractivity contribution is 5.82. The number of piperidine rings is 1. The Balaban J connectivity index is 1.62. The second-order valence-corrected chi connectivity index (χ2v) is 6.64. The molecule has 3 heteroatoms. The molecular weight excluding hydrogens is 236 g/mol. The molecule has 2 atom stereocenters. The molecule has 3 fully saturated rings. The van der Waals surface area contributed by atoms with Gasteiger partial charge in [-0.2, -0.15) is 0 Å². The molecule has 1 saturated carbocycles. The normalized spacial score (nSPS) is 33.6. The number of carbonyl (C=O) groups is 1. The first-order valence-corrected chi connectivity index (χ1v) is 8.40. The van der Waals surface area contributed by atoms with Gasteiger partial charge in [0.25, 0.3) is 0 Å². The zero-order chi connectivity index (χ0) is 13.1. The largest absolute Gasteiger partial charge is 0.338 e. The number of nitrogens with zero attached hydrogens (tertiary/aromatic N) is 1. The van der Waals surface area contributed by atoms with E-state index in [1.54, 1.807) is 0 Å². The van der Waals surface area contributed by atoms with E-state index in [1.807, 2.05) is 0 Å². The van der Waals surface area contributed by atoms with Crippen molar-refractivity contribution < 1.29 is 4.79 Å². The molecule has 0 spiro atoms. The van der Waals surface area contributed by atoms with E-state index in [0.29, 0.717) is 11.9 Å². The first-order valence-electron chi connectivity index (χ1n) is 8.40. The quantitative estimate of drug-likeness (QED) is 0.831. The van der Waals surface area contributed by atoms with Crippen LogP contribution in [-0.4, -0.2) is 36.0 Å². The fourth-order valence-electron chi connectivity index (χ4n) is 4.34. The minimum atomic E-state index is 0.123. The molecule has 1 unspecified atom stereocenters. The number of amides is 1. The van der Waals surface area contributed by atoms with Gasteiger partial charge in [-0.15, -0.1) is 0 Å². The van der Waals surface area contributed by atoms with E-state index in [9.17, 15) is 4.79 Å². The molecule has 1 amide bonds. The highest BCUT2D eigenvalue weighted by atomic mass is 16.2. The zero-order valence-electron chi connectivity index (χ0n) is 12.1. The lowest BCUT2D eigenvalue weighted by molar-refractivity contribution is -0.136. The van der Waals surface area contributed by atoms with Crippen molar-refractivity contribution in [1.29, 1.82) is 0 Å². The Morgan fingerprint density at radius 1 is 0.895 bits per heavy atom. The van der Waals surface area contributed by atoms with Crippen LogP contribution in [0.2, 0.25) is 0 Å². The summed E-state index contributed by atoms with van der Waals surface area (Å²) in [6.07, 6.45) is 12.8. The molecule has 0 aromatic heterocycles. The number of likely N-dealkylation sites (tertiary alicyclic amines) is 1. The van der Waals surface area contributed by atoms with Crippen molar-refractivity contribution in [2.24, 2.45) is 5.92 Å². The summed E-state index contributed by atoms with van der Waals surface area (Å²) in [6, 6.07) is 0.689. The van der Waals surface area contributed by atoms with Crippen LogP contribution in [0.4, 0.5) is 0 Å². The maximum atomic E-state index is 12.7. The molecule has 19 heavy (non-hydrogen) atoms. The van der Waals surface area contributed by atoms with Crippen LogP contribution in [0.5, 0.6) is 0 Å². The molecule has 0 radical (unpaired) electrons. The molecular formula is C16H28N2O. The fraction of sp³-hybridized carbons (Fsp3) is 0.938. The average molecular weight is 264 g/mol. The lowest BCUT2D eigenvalue weighted by Gasteiger charge is -2.36. The maximum absolute atomic E-state index is 12.7. The van der Waals surface area contributed by atoms with Gasteiger partial charge >= 0.3 is 0 Å². The van der Waals surface area contributed by atoms with Crippen LogP contribution in [0.25, 0.3) is 0 Å². The van der Waals surface area contributed by atoms with Gasteiger partial charge in [0.2, 0.25) is 5.91 Å². The van der Waals surface area contributed by atoms with E-state index in [0.717, 1.165) is 25.4 Å². The van der Waals surface area contributed by atoms with Gasteiger partial charge in [0, 0.05) is 12.6 Å². The lowest BCUT2D eigenvalue weighted by atomic mass is 9.82. The second kappa shape index (κ2) is 6.25. The van der Waals surface area contributed by atoms with Crippen molar-refractivity contribution in [3.8, 4) is 0 Å². The summed E-state index contributed by atoms with van der Waals surface area (Å²) in [5.74, 6) is 1.21. The molecule has 1 aliphatic carbocycles. The van der Waals surface area contributed by atoms with E-state index in [1.165, 1.54) is 57.8 Å². The number of hydrogen-bond acceptors (Lipinski definition) is 2. The molecule has 2 heterocycles. The molecule has 3 aliphatic rings. The third kappa shape index (κ3) is 2.96. The molecule has 2 aliphatic heterocycles. The summed E-state index contributed by atoms with van der Waals surface area (Å²) in [7, 11) is 0. The Labute approximate surface area is 117 Å². The standard InChI is InChI=1S/C16H28N2O/c19-16(14-9-4-5-11-17-14)18-12-6-10-15(18)13-7-2-1-3-8-13/h13-15,17H,1-12H2/t14-,15?/m1/s1. The van der Waals surface area contributed by atoms with Gasteiger partial charge in [0.1, 0.15) is 0 Å². The molecule has 3 rings (SSSR count). The highest BCUT2D eigenvalue weighted by Gasteiger charge is 2.37. The summed E-state index contributed by atoms with van der Waals surface area (Å²) < 4.78 is 0. The third-order valence-corrected chi connectivity index (χ3v) is 5.38. The topological polar surface area (TPSA) is 32.3 Å². The van der Waals surface area contributed by atoms with Crippen LogP contribution in [-0.2, 0) is 4.79 Å². The molecule has 0 aromatic carbocycles. The molecule has 3 nitrogen and oxygen atoms in total. The van der Waals surface area contributed by atoms with Crippen molar-refractivity contribution in [2.45, 2.75) is 76.3 Å². The van der Waals surface area contributed by atoms with Crippen LogP contribution in [0.3, 0.4) is 0 Å². The molecule has 0 bridgehead atoms. The van der Waals surface area contributed by atoms with Crippen molar-refractivity contribution in [3.05, 3.63) is 0 Å². The minimum Gasteiger partial charge on any atom is -0.338 e. The first kappa shape index (κ1) is 13.4. The smallest absolute Gasteiger partial charge is 0.239 e. The average Bonchev–Trinajstić information content (AvgIpc) is 2.98. The van der Waals surface area contributed by atoms with Crippen molar-refractivity contribution in [1.82, 2.24) is 10.2 Å². The Bertz CT molecular complexity index is 306. The summed E-state index contributed by atoms with van der Waals surface area (Å²) in [5, 5.41) is 3.43. The Morgan fingerprint density at radius 2 is 1.68 bits per heavy atom. The predicted octanol–water partition coefficient (Wildman–Crippen LogP) is 2.70. The van der Waals surface area contributed by atoms with E-state index in [2.05, 4.69) is 10.2 Å². The van der Waals surface area contributed by atoms with Crippen LogP contribution >= 0.6 is 0 Å². The molecule has 2 saturated heterocycles. The number of nitrogens with one attached hydrogen (secondary N) is 1. The zero-order valence-corrected chi connectivity index (χ0v) is 12.1. The SMILES string of the molecule is O=C([C@H]1CCCCN1)N1CCCC1C1CCCCC1. The van der Waals surface area contributed by atoms with Gasteiger partial charge in [0.05, 0.1) is 6.04 Å². The van der Waals surface area contributed by atoms with E-state index >= 15 is 0 Å². The molecule has 1 N–H and O–H groups in total. The highest BCUT2D eigenvalue weighted by Crippen LogP contribution is 2.34. The summed E-state index contributed by atoms with van der Waals surface area (Å²) in [5.41, 5.74) is 0. The summed E-state index contributed by atoms with van der Waals surface area (Å²) in [6.45, 7) is 2.04. The predicted molar refractivity (Wildman–Crippen MR) is 77.0 cm³/mol. The Hall–Kier alpha value is -0.570. The van der Waals surface area contributed by atoms with E-state index in [4.69, 9.17) is 0 Å². The van der Waals surface area contributed by atoms with Crippen molar-refractivity contribution >= 4 is 5.91 Å². The van der Waals surface area contributed by atoms with Gasteiger partial charge in [0.15, 0.2) is 0 Å². The van der Waals surface area contributed by atoms with Gasteiger partial charge < -0.3 is 10.2 Å². The van der Waals surface area contributed by atoms with Gasteiger partial charge in [-0.1, -0.05) is 25.7 Å². The van der Waals surface area contributed by atoms with Gasteiger partial charge in [-0.05, 0) is 51.0 Å². The van der Waals surface area contributed by atoms with Gasteiger partial charge in [-0.3, -0.25) is 4.79 Å². The lowest BCUT2D eigenvalue weighted by Crippen LogP contribution is -2.51. The van der Waals surface area contributed by atoms with E-state index in [-0.39, 0.29) is 6.04 Å². The van der Waals surface area contributed by atoms with Crippen molar-refractivity contribution in [3.63, 3.8) is 0 Å². The second-order valence-electron chi connectivity index (χ2n) is 6.64. The van der Waals surface area contributed by atoms with Crippen LogP contribution < -0.4 is 5.32 Å². The minimum absolute atomic E-state index is 0.123. The maximum Gasteiger partial charge on any atom is 0.239 e. The third-order valence-electron chi connectivity index (χ3n) is 5.38. The number of hydrogen-bond donors (Lipinski definition) is 1. The first-order chi connectivity index (χ1) is 9.36. The number of rotatable bonds is 2. The molecule has 108 valence electrons. The Kier molecular flexibility index (Phi) is 4.42. The van der Waals surface area contributed by atoms with Crippen LogP contribution in [0, 0.1) is 5.92 Å². The van der Waals surface area contributed by atoms with Crippen LogP contribution in [0.1, 0.15) is 64.2 Å². The fourth-order valence-corrected chi connectivity index (χ4v) is 4.34.